The van der Waals surface area contributed by atoms with Gasteiger partial charge in [0, 0.05) is 11.8 Å². The van der Waals surface area contributed by atoms with Crippen LogP contribution in [0.15, 0.2) is 16.9 Å². The number of ether oxygens (including phenoxy) is 1. The Balaban J connectivity index is 2.43. The fourth-order valence-corrected chi connectivity index (χ4v) is 1.86. The lowest BCUT2D eigenvalue weighted by molar-refractivity contribution is 0.404. The topological polar surface area (TPSA) is 22.1 Å². The molecule has 1 fully saturated rings. The van der Waals surface area contributed by atoms with Gasteiger partial charge in [0.1, 0.15) is 4.60 Å². The highest BCUT2D eigenvalue weighted by Crippen LogP contribution is 2.45. The van der Waals surface area contributed by atoms with Crippen molar-refractivity contribution in [2.45, 2.75) is 18.8 Å². The van der Waals surface area contributed by atoms with Crippen LogP contribution in [0, 0.1) is 0 Å². The summed E-state index contributed by atoms with van der Waals surface area (Å²) in [7, 11) is 1.69. The smallest absolute Gasteiger partial charge is 0.155 e. The first kappa shape index (κ1) is 8.05. The fourth-order valence-electron chi connectivity index (χ4n) is 1.35. The zero-order valence-corrected chi connectivity index (χ0v) is 8.47. The molecular weight excluding hydrogens is 218 g/mol. The van der Waals surface area contributed by atoms with Crippen LogP contribution >= 0.6 is 15.9 Å². The number of hydrogen-bond donors (Lipinski definition) is 0. The van der Waals surface area contributed by atoms with Gasteiger partial charge in [0.05, 0.1) is 7.11 Å². The molecular formula is C9H10BrNO. The summed E-state index contributed by atoms with van der Waals surface area (Å²) in [6.07, 6.45) is 4.39. The molecule has 64 valence electrons. The monoisotopic (exact) mass is 227 g/mol. The van der Waals surface area contributed by atoms with E-state index in [2.05, 4.69) is 20.9 Å². The normalized spacial score (nSPS) is 16.2. The number of aromatic nitrogens is 1. The zero-order valence-electron chi connectivity index (χ0n) is 6.88. The molecule has 1 saturated carbocycles. The van der Waals surface area contributed by atoms with Gasteiger partial charge in [-0.25, -0.2) is 4.98 Å². The van der Waals surface area contributed by atoms with Gasteiger partial charge < -0.3 is 4.74 Å². The minimum Gasteiger partial charge on any atom is -0.494 e. The molecule has 0 bridgehead atoms. The third-order valence-electron chi connectivity index (χ3n) is 2.11. The summed E-state index contributed by atoms with van der Waals surface area (Å²) < 4.78 is 6.08. The zero-order chi connectivity index (χ0) is 8.55. The van der Waals surface area contributed by atoms with Crippen molar-refractivity contribution in [1.82, 2.24) is 4.98 Å². The van der Waals surface area contributed by atoms with Crippen molar-refractivity contribution in [3.63, 3.8) is 0 Å². The van der Waals surface area contributed by atoms with Crippen LogP contribution in [0.3, 0.4) is 0 Å². The molecule has 0 saturated heterocycles. The molecule has 1 aromatic rings. The first-order chi connectivity index (χ1) is 5.83. The van der Waals surface area contributed by atoms with Gasteiger partial charge >= 0.3 is 0 Å². The van der Waals surface area contributed by atoms with Gasteiger partial charge in [0.15, 0.2) is 5.75 Å². The Morgan fingerprint density at radius 3 is 2.92 bits per heavy atom. The van der Waals surface area contributed by atoms with Gasteiger partial charge in [-0.15, -0.1) is 0 Å². The second kappa shape index (κ2) is 3.05. The predicted octanol–water partition coefficient (Wildman–Crippen LogP) is 2.73. The van der Waals surface area contributed by atoms with Crippen LogP contribution in [0.25, 0.3) is 0 Å². The van der Waals surface area contributed by atoms with Crippen molar-refractivity contribution in [3.8, 4) is 5.75 Å². The Hall–Kier alpha value is -0.570. The average Bonchev–Trinajstić information content (AvgIpc) is 2.86. The molecule has 0 spiro atoms. The molecule has 1 aromatic heterocycles. The molecule has 3 heteroatoms. The van der Waals surface area contributed by atoms with E-state index < -0.39 is 0 Å². The summed E-state index contributed by atoms with van der Waals surface area (Å²) in [6, 6.07) is 2.04. The number of methoxy groups -OCH3 is 1. The van der Waals surface area contributed by atoms with Crippen LogP contribution in [0.4, 0.5) is 0 Å². The summed E-state index contributed by atoms with van der Waals surface area (Å²) in [6.45, 7) is 0. The minimum atomic E-state index is 0.708. The Bertz CT molecular complexity index is 297. The van der Waals surface area contributed by atoms with E-state index in [1.807, 2.05) is 12.3 Å². The van der Waals surface area contributed by atoms with Crippen LogP contribution < -0.4 is 4.74 Å². The number of hydrogen-bond acceptors (Lipinski definition) is 2. The van der Waals surface area contributed by atoms with Gasteiger partial charge in [-0.1, -0.05) is 0 Å². The molecule has 0 aliphatic heterocycles. The lowest BCUT2D eigenvalue weighted by Gasteiger charge is -2.07. The van der Waals surface area contributed by atoms with Gasteiger partial charge in [0.2, 0.25) is 0 Å². The standard InChI is InChI=1S/C9H10BrNO/c1-12-8-7(6-2-3-6)4-5-11-9(8)10/h4-6H,2-3H2,1H3. The van der Waals surface area contributed by atoms with E-state index in [4.69, 9.17) is 4.74 Å². The van der Waals surface area contributed by atoms with Crippen LogP contribution in [0.5, 0.6) is 5.75 Å². The molecule has 0 unspecified atom stereocenters. The minimum absolute atomic E-state index is 0.708. The quantitative estimate of drug-likeness (QED) is 0.726. The van der Waals surface area contributed by atoms with E-state index in [0.29, 0.717) is 5.92 Å². The van der Waals surface area contributed by atoms with Gasteiger partial charge in [-0.05, 0) is 40.8 Å². The molecule has 1 aliphatic rings. The Kier molecular flexibility index (Phi) is 2.05. The summed E-state index contributed by atoms with van der Waals surface area (Å²) in [5.41, 5.74) is 1.29. The molecule has 0 atom stereocenters. The van der Waals surface area contributed by atoms with Crippen molar-refractivity contribution >= 4 is 15.9 Å². The molecule has 2 nitrogen and oxygen atoms in total. The lowest BCUT2D eigenvalue weighted by atomic mass is 10.1. The summed E-state index contributed by atoms with van der Waals surface area (Å²) in [5, 5.41) is 0. The van der Waals surface area contributed by atoms with Crippen LogP contribution in [0.1, 0.15) is 24.3 Å². The highest BCUT2D eigenvalue weighted by molar-refractivity contribution is 9.10. The molecule has 12 heavy (non-hydrogen) atoms. The van der Waals surface area contributed by atoms with E-state index >= 15 is 0 Å². The number of nitrogens with zero attached hydrogens (tertiary/aromatic N) is 1. The van der Waals surface area contributed by atoms with E-state index in [9.17, 15) is 0 Å². The molecule has 0 aromatic carbocycles. The van der Waals surface area contributed by atoms with Crippen molar-refractivity contribution in [2.24, 2.45) is 0 Å². The molecule has 0 radical (unpaired) electrons. The summed E-state index contributed by atoms with van der Waals surface area (Å²) in [5.74, 6) is 1.61. The van der Waals surface area contributed by atoms with Crippen molar-refractivity contribution in [1.29, 1.82) is 0 Å². The maximum absolute atomic E-state index is 5.27. The van der Waals surface area contributed by atoms with Crippen LogP contribution in [-0.2, 0) is 0 Å². The largest absolute Gasteiger partial charge is 0.494 e. The molecule has 0 amide bonds. The lowest BCUT2D eigenvalue weighted by Crippen LogP contribution is -1.92. The highest BCUT2D eigenvalue weighted by atomic mass is 79.9. The van der Waals surface area contributed by atoms with Gasteiger partial charge in [0.25, 0.3) is 0 Å². The van der Waals surface area contributed by atoms with Gasteiger partial charge in [-0.3, -0.25) is 0 Å². The highest BCUT2D eigenvalue weighted by Gasteiger charge is 2.27. The van der Waals surface area contributed by atoms with E-state index in [1.165, 1.54) is 18.4 Å². The van der Waals surface area contributed by atoms with E-state index in [-0.39, 0.29) is 0 Å². The molecule has 1 aliphatic carbocycles. The third-order valence-corrected chi connectivity index (χ3v) is 2.68. The molecule has 1 heterocycles. The van der Waals surface area contributed by atoms with Crippen molar-refractivity contribution in [2.75, 3.05) is 7.11 Å². The fraction of sp³-hybridized carbons (Fsp3) is 0.444. The summed E-state index contributed by atoms with van der Waals surface area (Å²) >= 11 is 3.37. The number of halogens is 1. The van der Waals surface area contributed by atoms with E-state index in [0.717, 1.165) is 10.4 Å². The molecule has 2 rings (SSSR count). The second-order valence-corrected chi connectivity index (χ2v) is 3.75. The average molecular weight is 228 g/mol. The first-order valence-corrected chi connectivity index (χ1v) is 4.80. The van der Waals surface area contributed by atoms with Gasteiger partial charge in [-0.2, -0.15) is 0 Å². The predicted molar refractivity (Wildman–Crippen MR) is 50.5 cm³/mol. The third kappa shape index (κ3) is 1.33. The maximum Gasteiger partial charge on any atom is 0.155 e. The SMILES string of the molecule is COc1c(C2CC2)ccnc1Br. The first-order valence-electron chi connectivity index (χ1n) is 4.01. The Morgan fingerprint density at radius 2 is 2.33 bits per heavy atom. The maximum atomic E-state index is 5.27. The van der Waals surface area contributed by atoms with Crippen LogP contribution in [0.2, 0.25) is 0 Å². The van der Waals surface area contributed by atoms with E-state index in [1.54, 1.807) is 7.11 Å². The summed E-state index contributed by atoms with van der Waals surface area (Å²) in [4.78, 5) is 4.11. The Labute approximate surface area is 80.1 Å². The number of rotatable bonds is 2. The van der Waals surface area contributed by atoms with Crippen molar-refractivity contribution in [3.05, 3.63) is 22.4 Å². The van der Waals surface area contributed by atoms with Crippen molar-refractivity contribution < 1.29 is 4.74 Å². The molecule has 0 N–H and O–H groups in total. The number of pyridine rings is 1. The Morgan fingerprint density at radius 1 is 1.58 bits per heavy atom. The second-order valence-electron chi connectivity index (χ2n) is 3.00. The van der Waals surface area contributed by atoms with Crippen LogP contribution in [-0.4, -0.2) is 12.1 Å².